The average Bonchev–Trinajstić information content (AvgIpc) is 3.32. The monoisotopic (exact) mass is 933 g/mol. The second-order valence-corrected chi connectivity index (χ2v) is 21.1. The molecule has 0 spiro atoms. The molecule has 0 saturated heterocycles. The third-order valence-electron chi connectivity index (χ3n) is 14.4. The van der Waals surface area contributed by atoms with Gasteiger partial charge in [0.25, 0.3) is 0 Å². The van der Waals surface area contributed by atoms with Gasteiger partial charge in [-0.2, -0.15) is 0 Å². The first kappa shape index (κ1) is 64.4. The molecule has 0 heterocycles. The zero-order valence-corrected chi connectivity index (χ0v) is 45.3. The number of rotatable bonds is 54. The molecule has 3 atom stereocenters. The van der Waals surface area contributed by atoms with E-state index in [-0.39, 0.29) is 31.1 Å². The van der Waals surface area contributed by atoms with Crippen LogP contribution in [0, 0.1) is 11.8 Å². The maximum absolute atomic E-state index is 12.9. The summed E-state index contributed by atoms with van der Waals surface area (Å²) in [6.45, 7) is 11.5. The highest BCUT2D eigenvalue weighted by Crippen LogP contribution is 2.19. The van der Waals surface area contributed by atoms with Crippen LogP contribution in [0.5, 0.6) is 0 Å². The Kier molecular flexibility index (Phi) is 51.5. The van der Waals surface area contributed by atoms with Crippen molar-refractivity contribution in [1.82, 2.24) is 0 Å². The van der Waals surface area contributed by atoms with Crippen LogP contribution in [0.4, 0.5) is 0 Å². The summed E-state index contributed by atoms with van der Waals surface area (Å²) in [6.07, 6.45) is 56.5. The van der Waals surface area contributed by atoms with Gasteiger partial charge in [0.15, 0.2) is 6.10 Å². The zero-order chi connectivity index (χ0) is 48.2. The standard InChI is InChI=1S/C60H116O6/c1-6-9-10-11-12-13-14-25-30-35-40-45-50-58(61)64-53-57(66-60(63)52-47-42-37-32-27-22-18-16-20-24-29-34-39-44-49-56(5)8-3)54-65-59(62)51-46-41-36-31-26-21-17-15-19-23-28-33-38-43-48-55(4)7-2/h55-57H,6-54H2,1-5H3/t55?,56?,57-/m0/s1. The van der Waals surface area contributed by atoms with Gasteiger partial charge in [0.1, 0.15) is 13.2 Å². The van der Waals surface area contributed by atoms with Crippen molar-refractivity contribution in [2.45, 2.75) is 343 Å². The molecule has 66 heavy (non-hydrogen) atoms. The van der Waals surface area contributed by atoms with Crippen molar-refractivity contribution >= 4 is 17.9 Å². The van der Waals surface area contributed by atoms with E-state index in [1.165, 1.54) is 225 Å². The number of esters is 3. The van der Waals surface area contributed by atoms with E-state index in [0.29, 0.717) is 19.3 Å². The predicted molar refractivity (Wildman–Crippen MR) is 284 cm³/mol. The average molecular weight is 934 g/mol. The van der Waals surface area contributed by atoms with Gasteiger partial charge in [-0.05, 0) is 31.1 Å². The molecule has 0 aliphatic heterocycles. The summed E-state index contributed by atoms with van der Waals surface area (Å²) < 4.78 is 16.9. The zero-order valence-electron chi connectivity index (χ0n) is 45.3. The van der Waals surface area contributed by atoms with E-state index in [1.54, 1.807) is 0 Å². The molecule has 6 nitrogen and oxygen atoms in total. The fraction of sp³-hybridized carbons (Fsp3) is 0.950. The number of hydrogen-bond donors (Lipinski definition) is 0. The van der Waals surface area contributed by atoms with Crippen LogP contribution in [-0.4, -0.2) is 37.2 Å². The lowest BCUT2D eigenvalue weighted by Gasteiger charge is -2.18. The van der Waals surface area contributed by atoms with Gasteiger partial charge in [-0.3, -0.25) is 14.4 Å². The van der Waals surface area contributed by atoms with E-state index in [1.807, 2.05) is 0 Å². The van der Waals surface area contributed by atoms with E-state index < -0.39 is 6.10 Å². The van der Waals surface area contributed by atoms with Crippen molar-refractivity contribution in [2.24, 2.45) is 11.8 Å². The Morgan fingerprint density at radius 1 is 0.303 bits per heavy atom. The Balaban J connectivity index is 4.28. The molecule has 0 aliphatic carbocycles. The quantitative estimate of drug-likeness (QED) is 0.0343. The second-order valence-electron chi connectivity index (χ2n) is 21.1. The molecule has 6 heteroatoms. The maximum atomic E-state index is 12.9. The highest BCUT2D eigenvalue weighted by molar-refractivity contribution is 5.71. The van der Waals surface area contributed by atoms with Crippen LogP contribution >= 0.6 is 0 Å². The Morgan fingerprint density at radius 2 is 0.530 bits per heavy atom. The minimum Gasteiger partial charge on any atom is -0.462 e. The van der Waals surface area contributed by atoms with Crippen LogP contribution in [0.1, 0.15) is 336 Å². The van der Waals surface area contributed by atoms with Gasteiger partial charge in [-0.15, -0.1) is 0 Å². The molecule has 0 amide bonds. The summed E-state index contributed by atoms with van der Waals surface area (Å²) in [7, 11) is 0. The summed E-state index contributed by atoms with van der Waals surface area (Å²) in [5.74, 6) is 0.953. The Labute approximate surface area is 412 Å². The SMILES string of the molecule is CCCCCCCCCCCCCCC(=O)OC[C@@H](COC(=O)CCCCCCCCCCCCCCCCC(C)CC)OC(=O)CCCCCCCCCCCCCCCCC(C)CC. The Morgan fingerprint density at radius 3 is 0.788 bits per heavy atom. The van der Waals surface area contributed by atoms with E-state index in [9.17, 15) is 14.4 Å². The number of ether oxygens (including phenoxy) is 3. The fourth-order valence-corrected chi connectivity index (χ4v) is 9.16. The predicted octanol–water partition coefficient (Wildman–Crippen LogP) is 19.7. The first-order valence-corrected chi connectivity index (χ1v) is 29.8. The van der Waals surface area contributed by atoms with Crippen LogP contribution in [0.3, 0.4) is 0 Å². The molecule has 0 bridgehead atoms. The first-order chi connectivity index (χ1) is 32.3. The normalized spacial score (nSPS) is 12.9. The van der Waals surface area contributed by atoms with E-state index in [0.717, 1.165) is 69.6 Å². The summed E-state index contributed by atoms with van der Waals surface area (Å²) in [5, 5.41) is 0. The van der Waals surface area contributed by atoms with Crippen molar-refractivity contribution in [2.75, 3.05) is 13.2 Å². The summed E-state index contributed by atoms with van der Waals surface area (Å²) in [6, 6.07) is 0. The molecule has 0 aromatic rings. The minimum absolute atomic E-state index is 0.0624. The van der Waals surface area contributed by atoms with Crippen molar-refractivity contribution in [3.05, 3.63) is 0 Å². The van der Waals surface area contributed by atoms with Crippen molar-refractivity contribution in [3.63, 3.8) is 0 Å². The summed E-state index contributed by atoms with van der Waals surface area (Å²) >= 11 is 0. The van der Waals surface area contributed by atoms with E-state index in [2.05, 4.69) is 34.6 Å². The number of hydrogen-bond acceptors (Lipinski definition) is 6. The largest absolute Gasteiger partial charge is 0.462 e. The molecule has 0 rings (SSSR count). The maximum Gasteiger partial charge on any atom is 0.306 e. The van der Waals surface area contributed by atoms with Crippen molar-refractivity contribution in [3.8, 4) is 0 Å². The van der Waals surface area contributed by atoms with Crippen molar-refractivity contribution in [1.29, 1.82) is 0 Å². The molecule has 0 saturated carbocycles. The van der Waals surface area contributed by atoms with Gasteiger partial charge in [-0.1, -0.05) is 298 Å². The first-order valence-electron chi connectivity index (χ1n) is 29.8. The molecule has 0 fully saturated rings. The van der Waals surface area contributed by atoms with Crippen molar-refractivity contribution < 1.29 is 28.6 Å². The molecule has 0 N–H and O–H groups in total. The third-order valence-corrected chi connectivity index (χ3v) is 14.4. The molecule has 0 aromatic heterocycles. The van der Waals surface area contributed by atoms with Crippen LogP contribution in [0.2, 0.25) is 0 Å². The Hall–Kier alpha value is -1.59. The second kappa shape index (κ2) is 52.8. The van der Waals surface area contributed by atoms with E-state index >= 15 is 0 Å². The van der Waals surface area contributed by atoms with Crippen LogP contribution in [0.15, 0.2) is 0 Å². The summed E-state index contributed by atoms with van der Waals surface area (Å²) in [5.41, 5.74) is 0. The molecule has 0 aliphatic rings. The minimum atomic E-state index is -0.763. The summed E-state index contributed by atoms with van der Waals surface area (Å²) in [4.78, 5) is 38.2. The number of carbonyl (C=O) groups is 3. The highest BCUT2D eigenvalue weighted by Gasteiger charge is 2.19. The molecular weight excluding hydrogens is 817 g/mol. The lowest BCUT2D eigenvalue weighted by atomic mass is 9.99. The van der Waals surface area contributed by atoms with Gasteiger partial charge in [-0.25, -0.2) is 0 Å². The molecule has 0 aromatic carbocycles. The fourth-order valence-electron chi connectivity index (χ4n) is 9.16. The lowest BCUT2D eigenvalue weighted by molar-refractivity contribution is -0.167. The van der Waals surface area contributed by atoms with Crippen LogP contribution in [-0.2, 0) is 28.6 Å². The van der Waals surface area contributed by atoms with Gasteiger partial charge >= 0.3 is 17.9 Å². The van der Waals surface area contributed by atoms with Gasteiger partial charge < -0.3 is 14.2 Å². The molecule has 2 unspecified atom stereocenters. The van der Waals surface area contributed by atoms with Crippen LogP contribution in [0.25, 0.3) is 0 Å². The van der Waals surface area contributed by atoms with Gasteiger partial charge in [0, 0.05) is 19.3 Å². The molecule has 392 valence electrons. The number of carbonyl (C=O) groups excluding carboxylic acids is 3. The smallest absolute Gasteiger partial charge is 0.306 e. The van der Waals surface area contributed by atoms with E-state index in [4.69, 9.17) is 14.2 Å². The molecule has 0 radical (unpaired) electrons. The lowest BCUT2D eigenvalue weighted by Crippen LogP contribution is -2.30. The number of unbranched alkanes of at least 4 members (excludes halogenated alkanes) is 37. The topological polar surface area (TPSA) is 78.9 Å². The molecular formula is C60H116O6. The van der Waals surface area contributed by atoms with Gasteiger partial charge in [0.05, 0.1) is 0 Å². The van der Waals surface area contributed by atoms with Gasteiger partial charge in [0.2, 0.25) is 0 Å². The third kappa shape index (κ3) is 50.3. The van der Waals surface area contributed by atoms with Crippen LogP contribution < -0.4 is 0 Å². The highest BCUT2D eigenvalue weighted by atomic mass is 16.6. The Bertz CT molecular complexity index is 1010.